The van der Waals surface area contributed by atoms with Gasteiger partial charge in [0.15, 0.2) is 17.6 Å². The van der Waals surface area contributed by atoms with Crippen LogP contribution in [0.15, 0.2) is 53.5 Å². The Morgan fingerprint density at radius 2 is 1.83 bits per heavy atom. The molecule has 1 heterocycles. The second-order valence-electron chi connectivity index (χ2n) is 7.50. The number of piperidine rings is 1. The molecule has 3 rings (SSSR count). The van der Waals surface area contributed by atoms with Gasteiger partial charge in [-0.2, -0.15) is 0 Å². The second-order valence-corrected chi connectivity index (χ2v) is 7.50. The Labute approximate surface area is 172 Å². The van der Waals surface area contributed by atoms with Crippen LogP contribution in [0.25, 0.3) is 0 Å². The van der Waals surface area contributed by atoms with Crippen LogP contribution in [0.5, 0.6) is 0 Å². The molecule has 1 unspecified atom stereocenters. The van der Waals surface area contributed by atoms with E-state index in [-0.39, 0.29) is 0 Å². The van der Waals surface area contributed by atoms with Gasteiger partial charge in [-0.05, 0) is 43.4 Å². The molecule has 0 bridgehead atoms. The van der Waals surface area contributed by atoms with Crippen LogP contribution in [0.1, 0.15) is 36.9 Å². The largest absolute Gasteiger partial charge is 0.356 e. The van der Waals surface area contributed by atoms with Gasteiger partial charge < -0.3 is 10.6 Å². The molecule has 2 aromatic carbocycles. The number of hydrogen-bond acceptors (Lipinski definition) is 2. The number of benzene rings is 2. The van der Waals surface area contributed by atoms with Crippen molar-refractivity contribution in [3.8, 4) is 0 Å². The third-order valence-corrected chi connectivity index (χ3v) is 5.64. The number of likely N-dealkylation sites (tertiary alicyclic amines) is 1. The number of nitrogens with zero attached hydrogens (tertiary/aromatic N) is 2. The summed E-state index contributed by atoms with van der Waals surface area (Å²) in [4.78, 5) is 6.78. The number of rotatable bonds is 6. The van der Waals surface area contributed by atoms with Crippen molar-refractivity contribution in [2.45, 2.75) is 38.3 Å². The zero-order valence-corrected chi connectivity index (χ0v) is 17.2. The molecule has 2 N–H and O–H groups in total. The molecule has 0 saturated carbocycles. The highest BCUT2D eigenvalue weighted by Gasteiger charge is 2.24. The summed E-state index contributed by atoms with van der Waals surface area (Å²) >= 11 is 0. The monoisotopic (exact) mass is 400 g/mol. The molecule has 0 spiro atoms. The van der Waals surface area contributed by atoms with Gasteiger partial charge in [0.1, 0.15) is 0 Å². The number of halogens is 2. The predicted molar refractivity (Wildman–Crippen MR) is 114 cm³/mol. The number of aliphatic imine (C=N–C) groups is 1. The van der Waals surface area contributed by atoms with Crippen molar-refractivity contribution in [1.82, 2.24) is 15.5 Å². The number of guanidine groups is 1. The molecule has 29 heavy (non-hydrogen) atoms. The van der Waals surface area contributed by atoms with E-state index in [1.807, 2.05) is 6.07 Å². The molecule has 156 valence electrons. The topological polar surface area (TPSA) is 39.7 Å². The van der Waals surface area contributed by atoms with E-state index in [4.69, 9.17) is 0 Å². The number of nitrogens with one attached hydrogen (secondary N) is 2. The lowest BCUT2D eigenvalue weighted by molar-refractivity contribution is 0.158. The van der Waals surface area contributed by atoms with Gasteiger partial charge in [-0.1, -0.05) is 42.5 Å². The summed E-state index contributed by atoms with van der Waals surface area (Å²) in [5.74, 6) is -0.866. The summed E-state index contributed by atoms with van der Waals surface area (Å²) in [6.07, 6.45) is 2.48. The fourth-order valence-electron chi connectivity index (χ4n) is 3.82. The van der Waals surface area contributed by atoms with E-state index in [0.29, 0.717) is 36.6 Å². The summed E-state index contributed by atoms with van der Waals surface area (Å²) in [7, 11) is 1.73. The lowest BCUT2D eigenvalue weighted by atomic mass is 10.0. The van der Waals surface area contributed by atoms with Crippen molar-refractivity contribution in [3.63, 3.8) is 0 Å². The lowest BCUT2D eigenvalue weighted by Gasteiger charge is -2.37. The van der Waals surface area contributed by atoms with Gasteiger partial charge in [-0.25, -0.2) is 8.78 Å². The fraction of sp³-hybridized carbons (Fsp3) is 0.435. The van der Waals surface area contributed by atoms with E-state index in [0.717, 1.165) is 32.0 Å². The Hall–Kier alpha value is -2.47. The summed E-state index contributed by atoms with van der Waals surface area (Å²) in [5.41, 5.74) is 1.72. The van der Waals surface area contributed by atoms with Crippen LogP contribution in [0.3, 0.4) is 0 Å². The minimum absolute atomic E-state index is 0.353. The summed E-state index contributed by atoms with van der Waals surface area (Å²) in [5, 5.41) is 6.67. The molecule has 0 aromatic heterocycles. The van der Waals surface area contributed by atoms with Gasteiger partial charge in [0.25, 0.3) is 0 Å². The van der Waals surface area contributed by atoms with Crippen molar-refractivity contribution in [2.24, 2.45) is 4.99 Å². The summed E-state index contributed by atoms with van der Waals surface area (Å²) < 4.78 is 27.1. The van der Waals surface area contributed by atoms with Gasteiger partial charge in [-0.15, -0.1) is 0 Å². The molecule has 0 amide bonds. The normalized spacial score (nSPS) is 17.2. The molecule has 4 nitrogen and oxygen atoms in total. The summed E-state index contributed by atoms with van der Waals surface area (Å²) in [6, 6.07) is 15.6. The first-order valence-corrected chi connectivity index (χ1v) is 10.3. The Balaban J connectivity index is 1.43. The zero-order valence-electron chi connectivity index (χ0n) is 17.2. The molecular weight excluding hydrogens is 370 g/mol. The van der Waals surface area contributed by atoms with Crippen molar-refractivity contribution >= 4 is 5.96 Å². The molecule has 6 heteroatoms. The van der Waals surface area contributed by atoms with Crippen LogP contribution in [-0.2, 0) is 6.42 Å². The van der Waals surface area contributed by atoms with Crippen LogP contribution < -0.4 is 10.6 Å². The third kappa shape index (κ3) is 5.76. The molecule has 0 radical (unpaired) electrons. The molecular formula is C23H30F2N4. The van der Waals surface area contributed by atoms with Crippen LogP contribution in [-0.4, -0.2) is 43.6 Å². The smallest absolute Gasteiger partial charge is 0.191 e. The Morgan fingerprint density at radius 1 is 1.10 bits per heavy atom. The maximum Gasteiger partial charge on any atom is 0.191 e. The van der Waals surface area contributed by atoms with E-state index in [2.05, 4.69) is 51.7 Å². The average molecular weight is 401 g/mol. The predicted octanol–water partition coefficient (Wildman–Crippen LogP) is 3.90. The molecule has 1 atom stereocenters. The molecule has 1 aliphatic rings. The van der Waals surface area contributed by atoms with Crippen molar-refractivity contribution in [2.75, 3.05) is 26.7 Å². The maximum absolute atomic E-state index is 13.8. The van der Waals surface area contributed by atoms with Crippen LogP contribution in [0, 0.1) is 11.6 Å². The van der Waals surface area contributed by atoms with Gasteiger partial charge in [0.05, 0.1) is 0 Å². The third-order valence-electron chi connectivity index (χ3n) is 5.64. The molecule has 1 aliphatic heterocycles. The van der Waals surface area contributed by atoms with Crippen LogP contribution in [0.2, 0.25) is 0 Å². The van der Waals surface area contributed by atoms with Gasteiger partial charge in [0.2, 0.25) is 0 Å². The Morgan fingerprint density at radius 3 is 2.52 bits per heavy atom. The Kier molecular flexibility index (Phi) is 7.58. The van der Waals surface area contributed by atoms with Crippen molar-refractivity contribution < 1.29 is 8.78 Å². The first-order chi connectivity index (χ1) is 14.1. The van der Waals surface area contributed by atoms with Gasteiger partial charge in [-0.3, -0.25) is 9.89 Å². The summed E-state index contributed by atoms with van der Waals surface area (Å²) in [6.45, 7) is 4.80. The quantitative estimate of drug-likeness (QED) is 0.571. The molecule has 1 saturated heterocycles. The van der Waals surface area contributed by atoms with Crippen LogP contribution >= 0.6 is 0 Å². The minimum Gasteiger partial charge on any atom is -0.356 e. The van der Waals surface area contributed by atoms with E-state index >= 15 is 0 Å². The molecule has 1 fully saturated rings. The highest BCUT2D eigenvalue weighted by Crippen LogP contribution is 2.24. The average Bonchev–Trinajstić information content (AvgIpc) is 2.76. The minimum atomic E-state index is -0.804. The molecule has 2 aromatic rings. The zero-order chi connectivity index (χ0) is 20.6. The molecule has 0 aliphatic carbocycles. The van der Waals surface area contributed by atoms with Crippen molar-refractivity contribution in [1.29, 1.82) is 0 Å². The van der Waals surface area contributed by atoms with E-state index in [9.17, 15) is 8.78 Å². The van der Waals surface area contributed by atoms with E-state index in [1.165, 1.54) is 11.6 Å². The van der Waals surface area contributed by atoms with E-state index in [1.54, 1.807) is 13.1 Å². The fourth-order valence-corrected chi connectivity index (χ4v) is 3.82. The van der Waals surface area contributed by atoms with E-state index < -0.39 is 11.6 Å². The van der Waals surface area contributed by atoms with Crippen LogP contribution in [0.4, 0.5) is 8.78 Å². The second kappa shape index (κ2) is 10.3. The lowest BCUT2D eigenvalue weighted by Crippen LogP contribution is -2.49. The van der Waals surface area contributed by atoms with Crippen molar-refractivity contribution in [3.05, 3.63) is 71.3 Å². The highest BCUT2D eigenvalue weighted by atomic mass is 19.2. The first-order valence-electron chi connectivity index (χ1n) is 10.3. The Bertz CT molecular complexity index is 802. The standard InChI is InChI=1S/C23H30F2N4/c1-17(18-7-4-3-5-8-18)29-15-12-20(13-16-29)28-23(26-2)27-14-11-19-9-6-10-21(24)22(19)25/h3-10,17,20H,11-16H2,1-2H3,(H2,26,27,28). The SMILES string of the molecule is CN=C(NCCc1cccc(F)c1F)NC1CCN(C(C)c2ccccc2)CC1. The van der Waals surface area contributed by atoms with Gasteiger partial charge >= 0.3 is 0 Å². The first kappa shape index (κ1) is 21.2. The maximum atomic E-state index is 13.8. The highest BCUT2D eigenvalue weighted by molar-refractivity contribution is 5.79. The number of hydrogen-bond donors (Lipinski definition) is 2. The van der Waals surface area contributed by atoms with Gasteiger partial charge in [0, 0.05) is 38.8 Å².